The van der Waals surface area contributed by atoms with Crippen LogP contribution in [0, 0.1) is 0 Å². The van der Waals surface area contributed by atoms with Crippen LogP contribution in [0.5, 0.6) is 11.5 Å². The zero-order valence-electron chi connectivity index (χ0n) is 15.7. The van der Waals surface area contributed by atoms with Gasteiger partial charge >= 0.3 is 0 Å². The average Bonchev–Trinajstić information content (AvgIpc) is 3.07. The van der Waals surface area contributed by atoms with Crippen LogP contribution in [-0.2, 0) is 11.2 Å². The van der Waals surface area contributed by atoms with Gasteiger partial charge in [0.25, 0.3) is 5.91 Å². The number of nitrogens with one attached hydrogen (secondary N) is 1. The summed E-state index contributed by atoms with van der Waals surface area (Å²) < 4.78 is 12.2. The highest BCUT2D eigenvalue weighted by Crippen LogP contribution is 2.28. The zero-order chi connectivity index (χ0) is 19.1. The Morgan fingerprint density at radius 3 is 2.63 bits per heavy atom. The van der Waals surface area contributed by atoms with Crippen molar-refractivity contribution in [3.8, 4) is 11.5 Å². The van der Waals surface area contributed by atoms with E-state index < -0.39 is 0 Å². The van der Waals surface area contributed by atoms with E-state index in [-0.39, 0.29) is 12.5 Å². The van der Waals surface area contributed by atoms with Crippen molar-refractivity contribution in [2.45, 2.75) is 33.1 Å². The van der Waals surface area contributed by atoms with E-state index in [9.17, 15) is 4.79 Å². The van der Waals surface area contributed by atoms with Crippen molar-refractivity contribution in [3.05, 3.63) is 48.0 Å². The molecule has 0 bridgehead atoms. The highest BCUT2D eigenvalue weighted by Gasteiger charge is 2.11. The first-order valence-corrected chi connectivity index (χ1v) is 10.0. The fraction of sp³-hybridized carbons (Fsp3) is 0.333. The van der Waals surface area contributed by atoms with E-state index in [0.29, 0.717) is 23.2 Å². The number of thiazole rings is 1. The lowest BCUT2D eigenvalue weighted by atomic mass is 10.1. The van der Waals surface area contributed by atoms with Crippen molar-refractivity contribution >= 4 is 32.6 Å². The Morgan fingerprint density at radius 2 is 1.89 bits per heavy atom. The Bertz CT molecular complexity index is 907. The minimum Gasteiger partial charge on any atom is -0.490 e. The molecule has 1 N–H and O–H groups in total. The molecule has 0 unspecified atom stereocenters. The normalized spacial score (nSPS) is 10.7. The van der Waals surface area contributed by atoms with Gasteiger partial charge in [-0.2, -0.15) is 0 Å². The van der Waals surface area contributed by atoms with Crippen LogP contribution < -0.4 is 14.8 Å². The van der Waals surface area contributed by atoms with E-state index in [1.807, 2.05) is 31.2 Å². The van der Waals surface area contributed by atoms with Crippen LogP contribution in [0.25, 0.3) is 10.2 Å². The second-order valence-corrected chi connectivity index (χ2v) is 7.17. The molecule has 0 aliphatic heterocycles. The van der Waals surface area contributed by atoms with Gasteiger partial charge in [0.1, 0.15) is 0 Å². The summed E-state index contributed by atoms with van der Waals surface area (Å²) in [6.07, 6.45) is 3.42. The van der Waals surface area contributed by atoms with Crippen molar-refractivity contribution in [2.24, 2.45) is 0 Å². The molecule has 0 saturated heterocycles. The van der Waals surface area contributed by atoms with E-state index in [2.05, 4.69) is 29.4 Å². The highest BCUT2D eigenvalue weighted by molar-refractivity contribution is 7.22. The number of carbonyl (C=O) groups excluding carboxylic acids is 1. The Kier molecular flexibility index (Phi) is 6.65. The minimum absolute atomic E-state index is 0.0955. The maximum Gasteiger partial charge on any atom is 0.264 e. The van der Waals surface area contributed by atoms with Crippen molar-refractivity contribution in [1.29, 1.82) is 0 Å². The first kappa shape index (κ1) is 19.2. The predicted octanol–water partition coefficient (Wildman–Crippen LogP) is 5.06. The molecule has 0 spiro atoms. The molecular formula is C21H24N2O3S. The van der Waals surface area contributed by atoms with E-state index in [1.54, 1.807) is 6.07 Å². The van der Waals surface area contributed by atoms with Crippen LogP contribution in [-0.4, -0.2) is 24.1 Å². The molecule has 1 amide bonds. The van der Waals surface area contributed by atoms with Gasteiger partial charge in [-0.25, -0.2) is 4.98 Å². The largest absolute Gasteiger partial charge is 0.490 e. The van der Waals surface area contributed by atoms with Gasteiger partial charge in [-0.15, -0.1) is 0 Å². The second kappa shape index (κ2) is 9.37. The van der Waals surface area contributed by atoms with E-state index in [1.165, 1.54) is 29.7 Å². The number of aromatic nitrogens is 1. The summed E-state index contributed by atoms with van der Waals surface area (Å²) in [7, 11) is 0. The summed E-state index contributed by atoms with van der Waals surface area (Å²) >= 11 is 1.48. The number of ether oxygens (including phenoxy) is 2. The van der Waals surface area contributed by atoms with Crippen LogP contribution >= 0.6 is 11.3 Å². The number of rotatable bonds is 9. The number of fused-ring (bicyclic) bond motifs is 1. The molecule has 0 saturated carbocycles. The Labute approximate surface area is 163 Å². The average molecular weight is 385 g/mol. The van der Waals surface area contributed by atoms with Gasteiger partial charge in [0, 0.05) is 0 Å². The molecule has 5 nitrogen and oxygen atoms in total. The summed E-state index contributed by atoms with van der Waals surface area (Å²) in [6.45, 7) is 4.54. The quantitative estimate of drug-likeness (QED) is 0.560. The molecule has 0 aliphatic rings. The number of unbranched alkanes of at least 4 members (excludes halogenated alkanes) is 1. The number of carbonyl (C=O) groups is 1. The maximum absolute atomic E-state index is 12.2. The van der Waals surface area contributed by atoms with Crippen LogP contribution in [0.1, 0.15) is 32.3 Å². The molecule has 1 heterocycles. The van der Waals surface area contributed by atoms with Crippen LogP contribution in [0.4, 0.5) is 5.13 Å². The molecule has 142 valence electrons. The monoisotopic (exact) mass is 384 g/mol. The smallest absolute Gasteiger partial charge is 0.264 e. The third kappa shape index (κ3) is 5.20. The Hall–Kier alpha value is -2.60. The molecule has 0 aliphatic carbocycles. The van der Waals surface area contributed by atoms with Crippen LogP contribution in [0.2, 0.25) is 0 Å². The number of aryl methyl sites for hydroxylation is 1. The lowest BCUT2D eigenvalue weighted by Crippen LogP contribution is -2.20. The lowest BCUT2D eigenvalue weighted by molar-refractivity contribution is -0.118. The van der Waals surface area contributed by atoms with Gasteiger partial charge in [0.2, 0.25) is 0 Å². The second-order valence-electron chi connectivity index (χ2n) is 6.14. The highest BCUT2D eigenvalue weighted by atomic mass is 32.1. The molecule has 0 fully saturated rings. The molecule has 3 rings (SSSR count). The van der Waals surface area contributed by atoms with Crippen molar-refractivity contribution in [1.82, 2.24) is 4.98 Å². The van der Waals surface area contributed by atoms with Gasteiger partial charge in [0.05, 0.1) is 16.8 Å². The van der Waals surface area contributed by atoms with Crippen molar-refractivity contribution in [2.75, 3.05) is 18.5 Å². The number of hydrogen-bond donors (Lipinski definition) is 1. The summed E-state index contributed by atoms with van der Waals surface area (Å²) in [5, 5.41) is 3.41. The Morgan fingerprint density at radius 1 is 1.11 bits per heavy atom. The van der Waals surface area contributed by atoms with E-state index in [0.717, 1.165) is 16.6 Å². The minimum atomic E-state index is -0.244. The fourth-order valence-electron chi connectivity index (χ4n) is 2.70. The summed E-state index contributed by atoms with van der Waals surface area (Å²) in [4.78, 5) is 16.7. The topological polar surface area (TPSA) is 60.5 Å². The number of benzene rings is 2. The van der Waals surface area contributed by atoms with Gasteiger partial charge in [0.15, 0.2) is 23.2 Å². The predicted molar refractivity (Wildman–Crippen MR) is 110 cm³/mol. The number of amides is 1. The van der Waals surface area contributed by atoms with E-state index in [4.69, 9.17) is 9.47 Å². The lowest BCUT2D eigenvalue weighted by Gasteiger charge is -2.10. The van der Waals surface area contributed by atoms with Crippen LogP contribution in [0.15, 0.2) is 42.5 Å². The van der Waals surface area contributed by atoms with Gasteiger partial charge in [-0.3, -0.25) is 10.1 Å². The molecule has 6 heteroatoms. The SMILES string of the molecule is CCCCc1ccc2nc(NC(=O)COc3ccccc3OCC)sc2c1. The summed E-state index contributed by atoms with van der Waals surface area (Å²) in [5.74, 6) is 0.943. The maximum atomic E-state index is 12.2. The van der Waals surface area contributed by atoms with Crippen molar-refractivity contribution in [3.63, 3.8) is 0 Å². The Balaban J connectivity index is 1.60. The molecule has 27 heavy (non-hydrogen) atoms. The van der Waals surface area contributed by atoms with E-state index >= 15 is 0 Å². The van der Waals surface area contributed by atoms with Gasteiger partial charge in [-0.1, -0.05) is 42.9 Å². The van der Waals surface area contributed by atoms with Gasteiger partial charge in [-0.05, 0) is 49.6 Å². The van der Waals surface area contributed by atoms with Crippen molar-refractivity contribution < 1.29 is 14.3 Å². The molecular weight excluding hydrogens is 360 g/mol. The zero-order valence-corrected chi connectivity index (χ0v) is 16.5. The van der Waals surface area contributed by atoms with Gasteiger partial charge < -0.3 is 9.47 Å². The number of anilines is 1. The number of hydrogen-bond acceptors (Lipinski definition) is 5. The third-order valence-electron chi connectivity index (χ3n) is 4.03. The first-order chi connectivity index (χ1) is 13.2. The molecule has 2 aromatic carbocycles. The number of nitrogens with zero attached hydrogens (tertiary/aromatic N) is 1. The third-order valence-corrected chi connectivity index (χ3v) is 4.96. The first-order valence-electron chi connectivity index (χ1n) is 9.23. The standard InChI is InChI=1S/C21H24N2O3S/c1-3-5-8-15-11-12-16-19(13-15)27-21(22-16)23-20(24)14-26-18-10-7-6-9-17(18)25-4-2/h6-7,9-13H,3-5,8,14H2,1-2H3,(H,22,23,24). The molecule has 0 radical (unpaired) electrons. The van der Waals surface area contributed by atoms with Crippen LogP contribution in [0.3, 0.4) is 0 Å². The molecule has 0 atom stereocenters. The molecule has 3 aromatic rings. The summed E-state index contributed by atoms with van der Waals surface area (Å²) in [6, 6.07) is 13.6. The molecule has 1 aromatic heterocycles. The summed E-state index contributed by atoms with van der Waals surface area (Å²) in [5.41, 5.74) is 2.21. The fourth-order valence-corrected chi connectivity index (χ4v) is 3.65. The number of para-hydroxylation sites is 2.